The van der Waals surface area contributed by atoms with E-state index in [0.29, 0.717) is 26.0 Å². The molecule has 232 valence electrons. The zero-order chi connectivity index (χ0) is 29.8. The Morgan fingerprint density at radius 3 is 2.41 bits per heavy atom. The lowest BCUT2D eigenvalue weighted by atomic mass is 9.68. The summed E-state index contributed by atoms with van der Waals surface area (Å²) >= 11 is 0. The number of epoxide rings is 2. The van der Waals surface area contributed by atoms with Crippen molar-refractivity contribution in [3.05, 3.63) is 11.6 Å². The quantitative estimate of drug-likeness (QED) is 0.138. The Morgan fingerprint density at radius 2 is 1.83 bits per heavy atom. The molecule has 9 nitrogen and oxygen atoms in total. The Labute approximate surface area is 245 Å². The Hall–Kier alpha value is -1.81. The first kappa shape index (κ1) is 32.1. The first-order valence-electron chi connectivity index (χ1n) is 15.7. The predicted octanol–water partition coefficient (Wildman–Crippen LogP) is 3.87. The van der Waals surface area contributed by atoms with E-state index >= 15 is 0 Å². The van der Waals surface area contributed by atoms with Crippen molar-refractivity contribution in [1.29, 1.82) is 0 Å². The average Bonchev–Trinajstić information content (AvgIpc) is 3.84. The summed E-state index contributed by atoms with van der Waals surface area (Å²) in [5, 5.41) is 6.26. The van der Waals surface area contributed by atoms with Gasteiger partial charge in [-0.3, -0.25) is 9.59 Å². The van der Waals surface area contributed by atoms with E-state index in [-0.39, 0.29) is 71.2 Å². The molecule has 0 aromatic heterocycles. The van der Waals surface area contributed by atoms with Crippen LogP contribution in [0.3, 0.4) is 0 Å². The van der Waals surface area contributed by atoms with E-state index in [1.54, 1.807) is 7.11 Å². The van der Waals surface area contributed by atoms with Gasteiger partial charge in [0.25, 0.3) is 0 Å². The van der Waals surface area contributed by atoms with Gasteiger partial charge >= 0.3 is 5.97 Å². The smallest absolute Gasteiger partial charge is 0.306 e. The zero-order valence-electron chi connectivity index (χ0n) is 25.9. The van der Waals surface area contributed by atoms with Gasteiger partial charge in [-0.05, 0) is 77.6 Å². The third kappa shape index (κ3) is 7.98. The maximum Gasteiger partial charge on any atom is 0.306 e. The first-order chi connectivity index (χ1) is 19.5. The number of ether oxygens (including phenoxy) is 4. The molecular formula is C32H52N2O7. The molecule has 4 rings (SSSR count). The summed E-state index contributed by atoms with van der Waals surface area (Å²) in [4.78, 5) is 36.6. The van der Waals surface area contributed by atoms with Crippen molar-refractivity contribution in [2.45, 2.75) is 134 Å². The van der Waals surface area contributed by atoms with Crippen LogP contribution in [0.25, 0.3) is 0 Å². The molecule has 2 aliphatic carbocycles. The van der Waals surface area contributed by atoms with Crippen molar-refractivity contribution in [3.8, 4) is 0 Å². The van der Waals surface area contributed by atoms with Crippen LogP contribution >= 0.6 is 0 Å². The van der Waals surface area contributed by atoms with Crippen LogP contribution in [-0.4, -0.2) is 80.0 Å². The third-order valence-corrected chi connectivity index (χ3v) is 9.78. The van der Waals surface area contributed by atoms with E-state index in [0.717, 1.165) is 51.2 Å². The lowest BCUT2D eigenvalue weighted by Crippen LogP contribution is -2.55. The lowest BCUT2D eigenvalue weighted by molar-refractivity contribution is -0.173. The summed E-state index contributed by atoms with van der Waals surface area (Å²) in [6.45, 7) is 11.5. The van der Waals surface area contributed by atoms with Gasteiger partial charge in [0.05, 0.1) is 24.7 Å². The molecule has 1 spiro atoms. The van der Waals surface area contributed by atoms with Gasteiger partial charge in [-0.1, -0.05) is 25.5 Å². The lowest BCUT2D eigenvalue weighted by Gasteiger charge is -2.42. The van der Waals surface area contributed by atoms with E-state index in [9.17, 15) is 14.4 Å². The van der Waals surface area contributed by atoms with E-state index in [1.165, 1.54) is 5.57 Å². The number of amides is 1. The van der Waals surface area contributed by atoms with Crippen LogP contribution in [0.4, 0.5) is 0 Å². The minimum absolute atomic E-state index is 0.0000619. The van der Waals surface area contributed by atoms with Gasteiger partial charge < -0.3 is 34.4 Å². The van der Waals surface area contributed by atoms with Crippen LogP contribution in [0.15, 0.2) is 11.6 Å². The Morgan fingerprint density at radius 1 is 1.12 bits per heavy atom. The molecule has 2 N–H and O–H groups in total. The maximum atomic E-state index is 13.1. The van der Waals surface area contributed by atoms with Crippen LogP contribution in [-0.2, 0) is 33.3 Å². The summed E-state index contributed by atoms with van der Waals surface area (Å²) in [7, 11) is 1.70. The molecule has 41 heavy (non-hydrogen) atoms. The molecule has 2 aliphatic heterocycles. The first-order valence-corrected chi connectivity index (χ1v) is 15.7. The minimum atomic E-state index is -0.350. The number of hydrogen-bond donors (Lipinski definition) is 2. The molecule has 2 saturated heterocycles. The monoisotopic (exact) mass is 576 g/mol. The summed E-state index contributed by atoms with van der Waals surface area (Å²) in [5.74, 6) is 0.306. The minimum Gasteiger partial charge on any atom is -0.460 e. The number of allylic oxidation sites excluding steroid dienone is 1. The summed E-state index contributed by atoms with van der Waals surface area (Å²) in [6.07, 6.45) is 9.32. The van der Waals surface area contributed by atoms with Crippen molar-refractivity contribution in [1.82, 2.24) is 10.6 Å². The number of esters is 1. The Kier molecular flexibility index (Phi) is 10.7. The zero-order valence-corrected chi connectivity index (χ0v) is 25.9. The number of methoxy groups -OCH3 is 1. The largest absolute Gasteiger partial charge is 0.460 e. The summed E-state index contributed by atoms with van der Waals surface area (Å²) < 4.78 is 24.4. The van der Waals surface area contributed by atoms with Crippen LogP contribution in [0.2, 0.25) is 0 Å². The van der Waals surface area contributed by atoms with Crippen LogP contribution in [0.1, 0.15) is 92.4 Å². The molecule has 9 heteroatoms. The van der Waals surface area contributed by atoms with Gasteiger partial charge in [0, 0.05) is 32.5 Å². The molecule has 4 aliphatic rings. The number of aldehydes is 1. The highest BCUT2D eigenvalue weighted by Gasteiger charge is 2.72. The molecule has 0 radical (unpaired) electrons. The van der Waals surface area contributed by atoms with E-state index in [2.05, 4.69) is 37.5 Å². The number of hydrogen-bond acceptors (Lipinski definition) is 8. The topological polar surface area (TPSA) is 119 Å². The van der Waals surface area contributed by atoms with Gasteiger partial charge in [0.15, 0.2) is 0 Å². The van der Waals surface area contributed by atoms with Gasteiger partial charge in [-0.2, -0.15) is 0 Å². The Bertz CT molecular complexity index is 952. The standard InChI is InChI=1S/C32H52N2O7/c1-20(2)7-12-26-31(5,41-26)30-29(38-6)25(13-15-32(30)19-39-32)40-28(37)17-22-8-10-23(11-9-22)34-27(36)14-16-33-24(18-35)21(3)4/h7,18,21-26,29-30,33H,8-17,19H2,1-6H3,(H,34,36)/t22?,23?,24-,25?,26-,29?,30?,31?,32+/m1/s1. The molecule has 7 atom stereocenters. The molecule has 2 saturated carbocycles. The van der Waals surface area contributed by atoms with Gasteiger partial charge in [0.2, 0.25) is 5.91 Å². The predicted molar refractivity (Wildman–Crippen MR) is 155 cm³/mol. The Balaban J connectivity index is 1.21. The second kappa shape index (κ2) is 13.7. The highest BCUT2D eigenvalue weighted by atomic mass is 16.6. The molecular weight excluding hydrogens is 524 g/mol. The van der Waals surface area contributed by atoms with Crippen LogP contribution in [0, 0.1) is 17.8 Å². The molecule has 1 amide bonds. The number of nitrogens with one attached hydrogen (secondary N) is 2. The SMILES string of the molecule is COC1C(OC(=O)CC2CCC(NC(=O)CCN[C@H](C=O)C(C)C)CC2)CC[C@]2(CO2)C1C1(C)O[C@@H]1CC=C(C)C. The number of carbonyl (C=O) groups excluding carboxylic acids is 3. The fraction of sp³-hybridized carbons (Fsp3) is 0.844. The highest BCUT2D eigenvalue weighted by Crippen LogP contribution is 2.59. The van der Waals surface area contributed by atoms with Crippen molar-refractivity contribution in [2.24, 2.45) is 17.8 Å². The van der Waals surface area contributed by atoms with Crippen molar-refractivity contribution < 1.29 is 33.3 Å². The maximum absolute atomic E-state index is 13.1. The molecule has 0 bridgehead atoms. The van der Waals surface area contributed by atoms with E-state index in [1.807, 2.05) is 13.8 Å². The normalized spacial score (nSPS) is 36.9. The summed E-state index contributed by atoms with van der Waals surface area (Å²) in [6, 6.07) is -0.0959. The summed E-state index contributed by atoms with van der Waals surface area (Å²) in [5.41, 5.74) is 0.692. The molecule has 4 fully saturated rings. The third-order valence-electron chi connectivity index (χ3n) is 9.78. The molecule has 0 aromatic carbocycles. The van der Waals surface area contributed by atoms with Crippen molar-refractivity contribution in [3.63, 3.8) is 0 Å². The van der Waals surface area contributed by atoms with E-state index < -0.39 is 0 Å². The van der Waals surface area contributed by atoms with Crippen molar-refractivity contribution in [2.75, 3.05) is 20.3 Å². The number of rotatable bonds is 14. The highest BCUT2D eigenvalue weighted by molar-refractivity contribution is 5.76. The fourth-order valence-corrected chi connectivity index (χ4v) is 7.13. The van der Waals surface area contributed by atoms with Gasteiger partial charge in [-0.15, -0.1) is 0 Å². The van der Waals surface area contributed by atoms with Crippen LogP contribution in [0.5, 0.6) is 0 Å². The average molecular weight is 577 g/mol. The van der Waals surface area contributed by atoms with Gasteiger partial charge in [-0.25, -0.2) is 0 Å². The molecule has 0 aromatic rings. The number of carbonyl (C=O) groups is 3. The fourth-order valence-electron chi connectivity index (χ4n) is 7.13. The van der Waals surface area contributed by atoms with Crippen molar-refractivity contribution >= 4 is 18.2 Å². The second-order valence-corrected chi connectivity index (χ2v) is 13.5. The second-order valence-electron chi connectivity index (χ2n) is 13.5. The molecule has 4 unspecified atom stereocenters. The van der Waals surface area contributed by atoms with Gasteiger partial charge in [0.1, 0.15) is 29.7 Å². The van der Waals surface area contributed by atoms with Crippen LogP contribution < -0.4 is 10.6 Å². The van der Waals surface area contributed by atoms with E-state index in [4.69, 9.17) is 18.9 Å². The molecule has 2 heterocycles.